The van der Waals surface area contributed by atoms with Crippen molar-refractivity contribution in [1.82, 2.24) is 0 Å². The number of hydrogen-bond donors (Lipinski definition) is 1. The summed E-state index contributed by atoms with van der Waals surface area (Å²) in [7, 11) is 1.64. The first-order valence-electron chi connectivity index (χ1n) is 3.92. The lowest BCUT2D eigenvalue weighted by Gasteiger charge is -2.05. The highest BCUT2D eigenvalue weighted by atomic mass is 79.9. The van der Waals surface area contributed by atoms with Crippen LogP contribution < -0.4 is 10.6 Å². The summed E-state index contributed by atoms with van der Waals surface area (Å²) in [6.45, 7) is 0.519. The van der Waals surface area contributed by atoms with E-state index in [-0.39, 0.29) is 0 Å². The normalized spacial score (nSPS) is 10.1. The lowest BCUT2D eigenvalue weighted by atomic mass is 10.1. The largest absolute Gasteiger partial charge is 0.497 e. The van der Waals surface area contributed by atoms with Crippen LogP contribution in [0.1, 0.15) is 5.56 Å². The molecule has 0 saturated carbocycles. The van der Waals surface area contributed by atoms with Gasteiger partial charge < -0.3 is 9.57 Å². The van der Waals surface area contributed by atoms with Gasteiger partial charge in [0.25, 0.3) is 0 Å². The fraction of sp³-hybridized carbons (Fsp3) is 0.333. The third-order valence-electron chi connectivity index (χ3n) is 1.75. The predicted octanol–water partition coefficient (Wildman–Crippen LogP) is 1.89. The fourth-order valence-electron chi connectivity index (χ4n) is 1.03. The number of nitrogens with two attached hydrogens (primary N) is 1. The van der Waals surface area contributed by atoms with E-state index in [0.717, 1.165) is 22.2 Å². The van der Waals surface area contributed by atoms with Gasteiger partial charge in [0.05, 0.1) is 13.7 Å². The molecule has 1 rings (SSSR count). The molecule has 0 aliphatic heterocycles. The number of methoxy groups -OCH3 is 1. The maximum Gasteiger partial charge on any atom is 0.120 e. The maximum atomic E-state index is 5.07. The lowest BCUT2D eigenvalue weighted by Crippen LogP contribution is -2.04. The Hall–Kier alpha value is -0.580. The molecular formula is C9H12BrNO2. The van der Waals surface area contributed by atoms with E-state index in [9.17, 15) is 0 Å². The number of hydrogen-bond acceptors (Lipinski definition) is 3. The molecule has 0 saturated heterocycles. The van der Waals surface area contributed by atoms with Crippen molar-refractivity contribution >= 4 is 15.9 Å². The monoisotopic (exact) mass is 245 g/mol. The number of ether oxygens (including phenoxy) is 1. The molecule has 0 radical (unpaired) electrons. The lowest BCUT2D eigenvalue weighted by molar-refractivity contribution is 0.141. The molecule has 0 heterocycles. The molecule has 1 aromatic rings. The number of halogens is 1. The third-order valence-corrected chi connectivity index (χ3v) is 2.49. The molecule has 0 bridgehead atoms. The summed E-state index contributed by atoms with van der Waals surface area (Å²) in [5.74, 6) is 5.78. The van der Waals surface area contributed by atoms with Crippen LogP contribution in [-0.2, 0) is 11.3 Å². The Morgan fingerprint density at radius 1 is 1.46 bits per heavy atom. The van der Waals surface area contributed by atoms with Crippen molar-refractivity contribution in [1.29, 1.82) is 0 Å². The third kappa shape index (κ3) is 2.99. The molecule has 0 aromatic heterocycles. The number of rotatable bonds is 4. The van der Waals surface area contributed by atoms with E-state index in [1.165, 1.54) is 0 Å². The molecule has 1 aromatic carbocycles. The molecule has 0 atom stereocenters. The molecule has 4 heteroatoms. The summed E-state index contributed by atoms with van der Waals surface area (Å²) in [6, 6.07) is 5.82. The van der Waals surface area contributed by atoms with Gasteiger partial charge >= 0.3 is 0 Å². The van der Waals surface area contributed by atoms with Crippen LogP contribution in [-0.4, -0.2) is 13.7 Å². The molecule has 3 nitrogen and oxygen atoms in total. The van der Waals surface area contributed by atoms with Crippen LogP contribution in [0.25, 0.3) is 0 Å². The zero-order chi connectivity index (χ0) is 9.68. The summed E-state index contributed by atoms with van der Waals surface area (Å²) in [4.78, 5) is 4.51. The van der Waals surface area contributed by atoms with E-state index in [2.05, 4.69) is 20.8 Å². The summed E-state index contributed by atoms with van der Waals surface area (Å²) in [5, 5.41) is 0. The zero-order valence-electron chi connectivity index (χ0n) is 7.42. The van der Waals surface area contributed by atoms with Gasteiger partial charge in [0.1, 0.15) is 5.75 Å². The predicted molar refractivity (Wildman–Crippen MR) is 54.5 cm³/mol. The molecule has 0 spiro atoms. The Morgan fingerprint density at radius 2 is 2.23 bits per heavy atom. The Morgan fingerprint density at radius 3 is 2.77 bits per heavy atom. The number of benzene rings is 1. The fourth-order valence-corrected chi connectivity index (χ4v) is 1.58. The molecule has 0 fully saturated rings. The minimum absolute atomic E-state index is 0.519. The van der Waals surface area contributed by atoms with E-state index >= 15 is 0 Å². The molecule has 2 N–H and O–H groups in total. The quantitative estimate of drug-likeness (QED) is 0.825. The second kappa shape index (κ2) is 5.21. The van der Waals surface area contributed by atoms with Crippen LogP contribution in [0.2, 0.25) is 0 Å². The van der Waals surface area contributed by atoms with Crippen molar-refractivity contribution in [2.24, 2.45) is 5.90 Å². The maximum absolute atomic E-state index is 5.07. The molecule has 72 valence electrons. The smallest absolute Gasteiger partial charge is 0.120 e. The van der Waals surface area contributed by atoms with Crippen LogP contribution in [0.3, 0.4) is 0 Å². The Labute approximate surface area is 85.9 Å². The van der Waals surface area contributed by atoms with Crippen molar-refractivity contribution in [2.75, 3.05) is 13.7 Å². The summed E-state index contributed by atoms with van der Waals surface area (Å²) >= 11 is 3.44. The van der Waals surface area contributed by atoms with Gasteiger partial charge in [-0.1, -0.05) is 22.0 Å². The molecular weight excluding hydrogens is 234 g/mol. The second-order valence-electron chi connectivity index (χ2n) is 2.58. The first-order valence-corrected chi connectivity index (χ1v) is 4.71. The van der Waals surface area contributed by atoms with Crippen LogP contribution in [0, 0.1) is 0 Å². The second-order valence-corrected chi connectivity index (χ2v) is 3.43. The van der Waals surface area contributed by atoms with Gasteiger partial charge in [-0.05, 0) is 24.1 Å². The van der Waals surface area contributed by atoms with Gasteiger partial charge in [-0.2, -0.15) is 0 Å². The van der Waals surface area contributed by atoms with Crippen LogP contribution >= 0.6 is 15.9 Å². The van der Waals surface area contributed by atoms with Crippen LogP contribution in [0.15, 0.2) is 22.7 Å². The van der Waals surface area contributed by atoms with Gasteiger partial charge in [0.2, 0.25) is 0 Å². The van der Waals surface area contributed by atoms with E-state index < -0.39 is 0 Å². The molecule has 0 aliphatic rings. The minimum atomic E-state index is 0.519. The summed E-state index contributed by atoms with van der Waals surface area (Å²) in [6.07, 6.45) is 0.793. The van der Waals surface area contributed by atoms with Gasteiger partial charge in [-0.15, -0.1) is 0 Å². The summed E-state index contributed by atoms with van der Waals surface area (Å²) in [5.41, 5.74) is 1.16. The first-order chi connectivity index (χ1) is 6.27. The highest BCUT2D eigenvalue weighted by Crippen LogP contribution is 2.23. The average Bonchev–Trinajstić information content (AvgIpc) is 2.16. The Balaban J connectivity index is 2.73. The van der Waals surface area contributed by atoms with Crippen molar-refractivity contribution in [3.63, 3.8) is 0 Å². The van der Waals surface area contributed by atoms with Gasteiger partial charge in [0, 0.05) is 4.47 Å². The van der Waals surface area contributed by atoms with E-state index in [1.54, 1.807) is 7.11 Å². The first kappa shape index (κ1) is 10.5. The topological polar surface area (TPSA) is 44.5 Å². The van der Waals surface area contributed by atoms with Crippen molar-refractivity contribution in [3.8, 4) is 5.75 Å². The average molecular weight is 246 g/mol. The zero-order valence-corrected chi connectivity index (χ0v) is 9.00. The van der Waals surface area contributed by atoms with Crippen LogP contribution in [0.5, 0.6) is 5.75 Å². The standard InChI is InChI=1S/C9H12BrNO2/c1-12-8-3-2-7(4-5-13-11)9(10)6-8/h2-3,6H,4-5,11H2,1H3. The van der Waals surface area contributed by atoms with Crippen molar-refractivity contribution in [2.45, 2.75) is 6.42 Å². The van der Waals surface area contributed by atoms with E-state index in [1.807, 2.05) is 18.2 Å². The SMILES string of the molecule is COc1ccc(CCON)c(Br)c1. The van der Waals surface area contributed by atoms with Gasteiger partial charge in [-0.25, -0.2) is 5.90 Å². The molecule has 0 amide bonds. The molecule has 0 aliphatic carbocycles. The molecule has 13 heavy (non-hydrogen) atoms. The van der Waals surface area contributed by atoms with Crippen molar-refractivity contribution < 1.29 is 9.57 Å². The van der Waals surface area contributed by atoms with Crippen LogP contribution in [0.4, 0.5) is 0 Å². The summed E-state index contributed by atoms with van der Waals surface area (Å²) < 4.78 is 6.09. The minimum Gasteiger partial charge on any atom is -0.497 e. The van der Waals surface area contributed by atoms with Gasteiger partial charge in [-0.3, -0.25) is 0 Å². The van der Waals surface area contributed by atoms with E-state index in [4.69, 9.17) is 10.6 Å². The van der Waals surface area contributed by atoms with Crippen molar-refractivity contribution in [3.05, 3.63) is 28.2 Å². The van der Waals surface area contributed by atoms with E-state index in [0.29, 0.717) is 6.61 Å². The highest BCUT2D eigenvalue weighted by Gasteiger charge is 2.01. The Bertz CT molecular complexity index is 278. The highest BCUT2D eigenvalue weighted by molar-refractivity contribution is 9.10. The Kier molecular flexibility index (Phi) is 4.21. The van der Waals surface area contributed by atoms with Gasteiger partial charge in [0.15, 0.2) is 0 Å². The molecule has 0 unspecified atom stereocenters.